The van der Waals surface area contributed by atoms with Crippen LogP contribution in [0.15, 0.2) is 73.1 Å². The zero-order valence-electron chi connectivity index (χ0n) is 33.4. The fourth-order valence-electron chi connectivity index (χ4n) is 8.68. The topological polar surface area (TPSA) is 6.48 Å². The third kappa shape index (κ3) is 15.6. The summed E-state index contributed by atoms with van der Waals surface area (Å²) in [6.07, 6.45) is 42.3. The van der Waals surface area contributed by atoms with Gasteiger partial charge in [0.1, 0.15) is 5.66 Å². The summed E-state index contributed by atoms with van der Waals surface area (Å²) in [5.41, 5.74) is 2.89. The van der Waals surface area contributed by atoms with Crippen molar-refractivity contribution in [1.82, 2.24) is 9.80 Å². The average Bonchev–Trinajstić information content (AvgIpc) is 3.48. The predicted octanol–water partition coefficient (Wildman–Crippen LogP) is 15.0. The summed E-state index contributed by atoms with van der Waals surface area (Å²) in [7, 11) is 0. The Morgan fingerprint density at radius 2 is 0.760 bits per heavy atom. The highest BCUT2D eigenvalue weighted by Gasteiger charge is 2.49. The lowest BCUT2D eigenvalue weighted by Crippen LogP contribution is -2.59. The van der Waals surface area contributed by atoms with E-state index in [2.05, 4.69) is 104 Å². The van der Waals surface area contributed by atoms with E-state index in [1.54, 1.807) is 0 Å². The Bertz CT molecular complexity index is 1060. The minimum atomic E-state index is -0.0630. The molecule has 0 aliphatic carbocycles. The maximum absolute atomic E-state index is 2.79. The molecule has 282 valence electrons. The van der Waals surface area contributed by atoms with E-state index in [1.807, 2.05) is 0 Å². The zero-order valence-corrected chi connectivity index (χ0v) is 33.4. The summed E-state index contributed by atoms with van der Waals surface area (Å²) in [6, 6.07) is 22.9. The molecule has 0 saturated carbocycles. The van der Waals surface area contributed by atoms with E-state index in [1.165, 1.54) is 172 Å². The predicted molar refractivity (Wildman–Crippen MR) is 222 cm³/mol. The van der Waals surface area contributed by atoms with Crippen LogP contribution in [-0.4, -0.2) is 28.6 Å². The van der Waals surface area contributed by atoms with Crippen LogP contribution in [0.4, 0.5) is 0 Å². The molecule has 1 aliphatic heterocycles. The lowest BCUT2D eigenvalue weighted by atomic mass is 9.78. The second-order valence-electron chi connectivity index (χ2n) is 15.7. The van der Waals surface area contributed by atoms with Crippen LogP contribution in [0.2, 0.25) is 0 Å². The lowest BCUT2D eigenvalue weighted by Gasteiger charge is -2.51. The Morgan fingerprint density at radius 3 is 1.12 bits per heavy atom. The van der Waals surface area contributed by atoms with Crippen LogP contribution in [-0.2, 0) is 6.42 Å². The van der Waals surface area contributed by atoms with Crippen molar-refractivity contribution in [3.63, 3.8) is 0 Å². The first-order valence-corrected chi connectivity index (χ1v) is 22.1. The molecule has 1 heterocycles. The van der Waals surface area contributed by atoms with Crippen LogP contribution in [0.3, 0.4) is 0 Å². The van der Waals surface area contributed by atoms with Crippen molar-refractivity contribution in [3.8, 4) is 0 Å². The van der Waals surface area contributed by atoms with Crippen molar-refractivity contribution >= 4 is 0 Å². The molecule has 0 fully saturated rings. The summed E-state index contributed by atoms with van der Waals surface area (Å²) < 4.78 is 0. The summed E-state index contributed by atoms with van der Waals surface area (Å²) in [4.78, 5) is 5.58. The first-order chi connectivity index (χ1) is 24.8. The van der Waals surface area contributed by atoms with Gasteiger partial charge in [-0.1, -0.05) is 229 Å². The highest BCUT2D eigenvalue weighted by molar-refractivity contribution is 5.30. The van der Waals surface area contributed by atoms with E-state index in [-0.39, 0.29) is 5.66 Å². The Hall–Kier alpha value is -2.22. The van der Waals surface area contributed by atoms with Crippen molar-refractivity contribution in [3.05, 3.63) is 84.2 Å². The van der Waals surface area contributed by atoms with Crippen molar-refractivity contribution < 1.29 is 0 Å². The van der Waals surface area contributed by atoms with E-state index in [0.29, 0.717) is 5.92 Å². The van der Waals surface area contributed by atoms with Gasteiger partial charge < -0.3 is 9.80 Å². The van der Waals surface area contributed by atoms with Crippen molar-refractivity contribution in [2.24, 2.45) is 0 Å². The molecule has 2 unspecified atom stereocenters. The molecule has 0 aromatic heterocycles. The average molecular weight is 685 g/mol. The summed E-state index contributed by atoms with van der Waals surface area (Å²) >= 11 is 0. The van der Waals surface area contributed by atoms with Crippen LogP contribution in [0.5, 0.6) is 0 Å². The molecule has 50 heavy (non-hydrogen) atoms. The smallest absolute Gasteiger partial charge is 0.123 e. The van der Waals surface area contributed by atoms with Crippen LogP contribution in [0, 0.1) is 0 Å². The van der Waals surface area contributed by atoms with Gasteiger partial charge in [-0.05, 0) is 30.4 Å². The van der Waals surface area contributed by atoms with Gasteiger partial charge in [-0.2, -0.15) is 0 Å². The van der Waals surface area contributed by atoms with E-state index >= 15 is 0 Å². The fraction of sp³-hybridized carbons (Fsp3) is 0.708. The molecule has 0 spiro atoms. The number of unbranched alkanes of at least 4 members (excludes halogenated alkanes) is 23. The maximum atomic E-state index is 2.79. The van der Waals surface area contributed by atoms with Crippen LogP contribution >= 0.6 is 0 Å². The van der Waals surface area contributed by atoms with Crippen molar-refractivity contribution in [2.75, 3.05) is 13.1 Å². The standard InChI is InChI=1S/C48H80N2/c1-4-7-9-11-13-15-17-18-19-21-23-25-27-35-41-50-43-42-49(40-34-26-24-22-20-16-14-12-10-8-5-2)48(50,44-45-36-30-28-31-37-45)47(6-3)46-38-32-29-33-39-46/h28-33,36-39,42-43,47H,4-27,34-35,40-41,44H2,1-3H3. The highest BCUT2D eigenvalue weighted by atomic mass is 15.4. The Morgan fingerprint density at radius 1 is 0.420 bits per heavy atom. The van der Waals surface area contributed by atoms with Crippen LogP contribution in [0.25, 0.3) is 0 Å². The molecule has 2 aromatic rings. The fourth-order valence-corrected chi connectivity index (χ4v) is 8.68. The Labute approximate surface area is 311 Å². The lowest BCUT2D eigenvalue weighted by molar-refractivity contribution is -0.00378. The zero-order chi connectivity index (χ0) is 35.4. The van der Waals surface area contributed by atoms with Gasteiger partial charge in [0.05, 0.1) is 0 Å². The molecule has 2 aromatic carbocycles. The normalized spacial score (nSPS) is 16.5. The number of benzene rings is 2. The van der Waals surface area contributed by atoms with Gasteiger partial charge in [-0.15, -0.1) is 0 Å². The first-order valence-electron chi connectivity index (χ1n) is 22.1. The number of hydrogen-bond acceptors (Lipinski definition) is 2. The maximum Gasteiger partial charge on any atom is 0.123 e. The monoisotopic (exact) mass is 685 g/mol. The molecule has 2 nitrogen and oxygen atoms in total. The van der Waals surface area contributed by atoms with Crippen molar-refractivity contribution in [2.45, 2.75) is 206 Å². The molecule has 0 bridgehead atoms. The molecule has 0 N–H and O–H groups in total. The first kappa shape index (κ1) is 42.2. The SMILES string of the molecule is CCCCCCCCCCCCCCCCN1C=CN(CCCCCCCCCCCCC)C1(Cc1ccccc1)C(CC)c1ccccc1. The summed E-state index contributed by atoms with van der Waals surface area (Å²) in [5.74, 6) is 0.443. The molecule has 0 radical (unpaired) electrons. The van der Waals surface area contributed by atoms with Gasteiger partial charge in [0.15, 0.2) is 0 Å². The van der Waals surface area contributed by atoms with E-state index < -0.39 is 0 Å². The van der Waals surface area contributed by atoms with Gasteiger partial charge in [0, 0.05) is 37.8 Å². The third-order valence-electron chi connectivity index (χ3n) is 11.7. The molecular formula is C48H80N2. The number of nitrogens with zero attached hydrogens (tertiary/aromatic N) is 2. The molecule has 0 saturated heterocycles. The largest absolute Gasteiger partial charge is 0.353 e. The molecular weight excluding hydrogens is 605 g/mol. The summed E-state index contributed by atoms with van der Waals surface area (Å²) in [6.45, 7) is 9.35. The molecule has 0 amide bonds. The van der Waals surface area contributed by atoms with E-state index in [9.17, 15) is 0 Å². The number of rotatable bonds is 32. The minimum absolute atomic E-state index is 0.0630. The third-order valence-corrected chi connectivity index (χ3v) is 11.7. The molecule has 1 aliphatic rings. The highest BCUT2D eigenvalue weighted by Crippen LogP contribution is 2.45. The molecule has 2 atom stereocenters. The molecule has 3 rings (SSSR count). The molecule has 2 heteroatoms. The second-order valence-corrected chi connectivity index (χ2v) is 15.7. The van der Waals surface area contributed by atoms with Gasteiger partial charge >= 0.3 is 0 Å². The van der Waals surface area contributed by atoms with Gasteiger partial charge in [0.25, 0.3) is 0 Å². The van der Waals surface area contributed by atoms with E-state index in [4.69, 9.17) is 0 Å². The van der Waals surface area contributed by atoms with Gasteiger partial charge in [-0.25, -0.2) is 0 Å². The summed E-state index contributed by atoms with van der Waals surface area (Å²) in [5, 5.41) is 0. The van der Waals surface area contributed by atoms with Crippen molar-refractivity contribution in [1.29, 1.82) is 0 Å². The van der Waals surface area contributed by atoms with Crippen LogP contribution < -0.4 is 0 Å². The Balaban J connectivity index is 1.55. The van der Waals surface area contributed by atoms with Gasteiger partial charge in [0.2, 0.25) is 0 Å². The van der Waals surface area contributed by atoms with Gasteiger partial charge in [-0.3, -0.25) is 0 Å². The van der Waals surface area contributed by atoms with E-state index in [0.717, 1.165) is 25.9 Å². The number of hydrogen-bond donors (Lipinski definition) is 0. The second kappa shape index (κ2) is 27.4. The quantitative estimate of drug-likeness (QED) is 0.0708. The Kier molecular flexibility index (Phi) is 23.2. The van der Waals surface area contributed by atoms with Crippen LogP contribution in [0.1, 0.15) is 205 Å². The minimum Gasteiger partial charge on any atom is -0.353 e.